The van der Waals surface area contributed by atoms with Crippen molar-refractivity contribution in [3.8, 4) is 0 Å². The van der Waals surface area contributed by atoms with Gasteiger partial charge in [-0.3, -0.25) is 5.10 Å². The highest BCUT2D eigenvalue weighted by Gasteiger charge is 2.11. The van der Waals surface area contributed by atoms with Gasteiger partial charge in [0.1, 0.15) is 0 Å². The first-order chi connectivity index (χ1) is 6.65. The van der Waals surface area contributed by atoms with E-state index in [2.05, 4.69) is 29.4 Å². The molecular weight excluding hydrogens is 178 g/mol. The zero-order valence-electron chi connectivity index (χ0n) is 9.04. The molecule has 4 nitrogen and oxygen atoms in total. The van der Waals surface area contributed by atoms with Gasteiger partial charge in [-0.1, -0.05) is 13.8 Å². The number of H-pyrrole nitrogens is 1. The van der Waals surface area contributed by atoms with E-state index >= 15 is 0 Å². The molecule has 0 aromatic carbocycles. The van der Waals surface area contributed by atoms with Crippen LogP contribution in [0.25, 0.3) is 0 Å². The molecule has 1 rings (SSSR count). The van der Waals surface area contributed by atoms with Crippen molar-refractivity contribution in [2.24, 2.45) is 5.92 Å². The maximum Gasteiger partial charge on any atom is 0.0587 e. The van der Waals surface area contributed by atoms with Crippen LogP contribution in [0.4, 0.5) is 0 Å². The second-order valence-electron chi connectivity index (χ2n) is 3.93. The lowest BCUT2D eigenvalue weighted by Gasteiger charge is -2.19. The Bertz CT molecular complexity index is 270. The molecule has 0 aliphatic rings. The monoisotopic (exact) mass is 197 g/mol. The van der Waals surface area contributed by atoms with Crippen LogP contribution in [0.3, 0.4) is 0 Å². The summed E-state index contributed by atoms with van der Waals surface area (Å²) in [6, 6.07) is 0.157. The first-order valence-electron chi connectivity index (χ1n) is 4.98. The molecule has 1 atom stereocenters. The molecule has 0 aliphatic heterocycles. The standard InChI is InChI=1S/C10H19N3O/c1-7(2)10(6-14)11-4-9-5-12-13-8(9)3/h5,7,10-11,14H,4,6H2,1-3H3,(H,12,13)/t10-/m1/s1. The van der Waals surface area contributed by atoms with E-state index in [0.29, 0.717) is 5.92 Å². The Labute approximate surface area is 84.7 Å². The number of rotatable bonds is 5. The average Bonchev–Trinajstić information content (AvgIpc) is 2.52. The van der Waals surface area contributed by atoms with Crippen LogP contribution in [0.5, 0.6) is 0 Å². The number of aliphatic hydroxyl groups is 1. The van der Waals surface area contributed by atoms with Gasteiger partial charge in [0.2, 0.25) is 0 Å². The molecule has 80 valence electrons. The van der Waals surface area contributed by atoms with Crippen LogP contribution in [0.2, 0.25) is 0 Å². The molecule has 14 heavy (non-hydrogen) atoms. The smallest absolute Gasteiger partial charge is 0.0587 e. The van der Waals surface area contributed by atoms with E-state index in [1.165, 1.54) is 0 Å². The van der Waals surface area contributed by atoms with Crippen molar-refractivity contribution in [1.29, 1.82) is 0 Å². The minimum Gasteiger partial charge on any atom is -0.395 e. The van der Waals surface area contributed by atoms with Crippen LogP contribution >= 0.6 is 0 Å². The molecule has 0 saturated carbocycles. The van der Waals surface area contributed by atoms with E-state index in [4.69, 9.17) is 5.11 Å². The van der Waals surface area contributed by atoms with E-state index in [1.807, 2.05) is 13.1 Å². The summed E-state index contributed by atoms with van der Waals surface area (Å²) < 4.78 is 0. The largest absolute Gasteiger partial charge is 0.395 e. The Kier molecular flexibility index (Phi) is 4.10. The second kappa shape index (κ2) is 5.12. The molecule has 0 bridgehead atoms. The van der Waals surface area contributed by atoms with Crippen LogP contribution in [0.1, 0.15) is 25.1 Å². The van der Waals surface area contributed by atoms with Crippen LogP contribution in [-0.2, 0) is 6.54 Å². The minimum absolute atomic E-state index is 0.157. The molecule has 1 aromatic rings. The van der Waals surface area contributed by atoms with Gasteiger partial charge >= 0.3 is 0 Å². The Balaban J connectivity index is 2.43. The summed E-state index contributed by atoms with van der Waals surface area (Å²) in [4.78, 5) is 0. The SMILES string of the molecule is Cc1[nH]ncc1CN[C@H](CO)C(C)C. The molecule has 1 aromatic heterocycles. The van der Waals surface area contributed by atoms with Crippen molar-refractivity contribution in [3.05, 3.63) is 17.5 Å². The summed E-state index contributed by atoms with van der Waals surface area (Å²) in [5.74, 6) is 0.437. The van der Waals surface area contributed by atoms with E-state index in [9.17, 15) is 0 Å². The number of nitrogens with zero attached hydrogens (tertiary/aromatic N) is 1. The molecule has 0 unspecified atom stereocenters. The quantitative estimate of drug-likeness (QED) is 0.655. The van der Waals surface area contributed by atoms with Gasteiger partial charge in [0, 0.05) is 23.8 Å². The summed E-state index contributed by atoms with van der Waals surface area (Å²) in [6.07, 6.45) is 1.82. The van der Waals surface area contributed by atoms with Gasteiger partial charge in [-0.25, -0.2) is 0 Å². The lowest BCUT2D eigenvalue weighted by atomic mass is 10.1. The van der Waals surface area contributed by atoms with Crippen molar-refractivity contribution < 1.29 is 5.11 Å². The number of hydrogen-bond donors (Lipinski definition) is 3. The van der Waals surface area contributed by atoms with Gasteiger partial charge in [0.25, 0.3) is 0 Å². The Morgan fingerprint density at radius 1 is 1.57 bits per heavy atom. The highest BCUT2D eigenvalue weighted by molar-refractivity contribution is 5.13. The van der Waals surface area contributed by atoms with Crippen LogP contribution in [-0.4, -0.2) is 28.0 Å². The van der Waals surface area contributed by atoms with Crippen molar-refractivity contribution in [1.82, 2.24) is 15.5 Å². The van der Waals surface area contributed by atoms with Gasteiger partial charge < -0.3 is 10.4 Å². The molecule has 3 N–H and O–H groups in total. The molecule has 0 aliphatic carbocycles. The number of aromatic amines is 1. The highest BCUT2D eigenvalue weighted by Crippen LogP contribution is 2.05. The van der Waals surface area contributed by atoms with Gasteiger partial charge in [-0.15, -0.1) is 0 Å². The molecule has 0 radical (unpaired) electrons. The maximum atomic E-state index is 9.11. The second-order valence-corrected chi connectivity index (χ2v) is 3.93. The maximum absolute atomic E-state index is 9.11. The first kappa shape index (κ1) is 11.2. The third-order valence-corrected chi connectivity index (χ3v) is 2.49. The predicted molar refractivity (Wildman–Crippen MR) is 55.9 cm³/mol. The number of nitrogens with one attached hydrogen (secondary N) is 2. The van der Waals surface area contributed by atoms with Crippen LogP contribution in [0.15, 0.2) is 6.20 Å². The molecular formula is C10H19N3O. The van der Waals surface area contributed by atoms with Crippen LogP contribution < -0.4 is 5.32 Å². The molecule has 4 heteroatoms. The third-order valence-electron chi connectivity index (χ3n) is 2.49. The molecule has 0 spiro atoms. The highest BCUT2D eigenvalue weighted by atomic mass is 16.3. The number of aromatic nitrogens is 2. The topological polar surface area (TPSA) is 60.9 Å². The number of aryl methyl sites for hydroxylation is 1. The zero-order valence-corrected chi connectivity index (χ0v) is 9.04. The number of aliphatic hydroxyl groups excluding tert-OH is 1. The normalized spacial score (nSPS) is 13.5. The summed E-state index contributed by atoms with van der Waals surface area (Å²) in [6.45, 7) is 7.11. The Morgan fingerprint density at radius 3 is 2.71 bits per heavy atom. The fourth-order valence-corrected chi connectivity index (χ4v) is 1.31. The van der Waals surface area contributed by atoms with Gasteiger partial charge in [0.05, 0.1) is 12.8 Å². The number of hydrogen-bond acceptors (Lipinski definition) is 3. The lowest BCUT2D eigenvalue weighted by molar-refractivity contribution is 0.210. The van der Waals surface area contributed by atoms with Crippen LogP contribution in [0, 0.1) is 12.8 Å². The summed E-state index contributed by atoms with van der Waals surface area (Å²) >= 11 is 0. The third kappa shape index (κ3) is 2.82. The fourth-order valence-electron chi connectivity index (χ4n) is 1.31. The average molecular weight is 197 g/mol. The van der Waals surface area contributed by atoms with Crippen molar-refractivity contribution in [2.45, 2.75) is 33.4 Å². The zero-order chi connectivity index (χ0) is 10.6. The predicted octanol–water partition coefficient (Wildman–Crippen LogP) is 0.825. The first-order valence-corrected chi connectivity index (χ1v) is 4.98. The van der Waals surface area contributed by atoms with E-state index < -0.39 is 0 Å². The van der Waals surface area contributed by atoms with Gasteiger partial charge in [-0.2, -0.15) is 5.10 Å². The van der Waals surface area contributed by atoms with Crippen molar-refractivity contribution >= 4 is 0 Å². The summed E-state index contributed by atoms with van der Waals surface area (Å²) in [5.41, 5.74) is 2.24. The Morgan fingerprint density at radius 2 is 2.29 bits per heavy atom. The van der Waals surface area contributed by atoms with E-state index in [1.54, 1.807) is 0 Å². The minimum atomic E-state index is 0.157. The van der Waals surface area contributed by atoms with Gasteiger partial charge in [0.15, 0.2) is 0 Å². The molecule has 1 heterocycles. The molecule has 0 fully saturated rings. The molecule has 0 amide bonds. The van der Waals surface area contributed by atoms with Crippen molar-refractivity contribution in [3.63, 3.8) is 0 Å². The Hall–Kier alpha value is -0.870. The van der Waals surface area contributed by atoms with E-state index in [0.717, 1.165) is 17.8 Å². The molecule has 0 saturated heterocycles. The van der Waals surface area contributed by atoms with Gasteiger partial charge in [-0.05, 0) is 12.8 Å². The fraction of sp³-hybridized carbons (Fsp3) is 0.700. The summed E-state index contributed by atoms with van der Waals surface area (Å²) in [5, 5.41) is 19.2. The summed E-state index contributed by atoms with van der Waals surface area (Å²) in [7, 11) is 0. The lowest BCUT2D eigenvalue weighted by Crippen LogP contribution is -2.36. The van der Waals surface area contributed by atoms with E-state index in [-0.39, 0.29) is 12.6 Å². The van der Waals surface area contributed by atoms with Crippen molar-refractivity contribution in [2.75, 3.05) is 6.61 Å².